The standard InChI is InChI=1S/C35H40F2N4O2S/c1-6-23-9-8-10-24(7-2)31(23)41-30(17-21(3)4)27(34(42)40-16-15-38-22(5)19-40)18-28(35(41)43)33-39-29(20-44-33)25-11-13-26(14-12-25)32(36)37/h8-14,18,20-22,32,38H,6-7,15-17,19H2,1-5H3/t22-/m0/s1. The second kappa shape index (κ2) is 13.5. The average Bonchev–Trinajstić information content (AvgIpc) is 3.50. The number of amides is 1. The number of piperazine rings is 1. The highest BCUT2D eigenvalue weighted by atomic mass is 32.1. The molecule has 5 rings (SSSR count). The Morgan fingerprint density at radius 1 is 1.09 bits per heavy atom. The number of carbonyl (C=O) groups excluding carboxylic acids is 1. The molecule has 6 nitrogen and oxygen atoms in total. The van der Waals surface area contributed by atoms with Gasteiger partial charge in [0.25, 0.3) is 17.9 Å². The molecule has 1 N–H and O–H groups in total. The van der Waals surface area contributed by atoms with Crippen LogP contribution in [0.2, 0.25) is 0 Å². The Labute approximate surface area is 261 Å². The van der Waals surface area contributed by atoms with E-state index in [0.29, 0.717) is 53.4 Å². The van der Waals surface area contributed by atoms with Gasteiger partial charge in [-0.1, -0.05) is 70.2 Å². The van der Waals surface area contributed by atoms with Gasteiger partial charge < -0.3 is 10.2 Å². The van der Waals surface area contributed by atoms with Crippen molar-refractivity contribution in [2.24, 2.45) is 5.92 Å². The van der Waals surface area contributed by atoms with Crippen molar-refractivity contribution in [2.45, 2.75) is 66.3 Å². The number of hydrogen-bond acceptors (Lipinski definition) is 5. The summed E-state index contributed by atoms with van der Waals surface area (Å²) in [7, 11) is 0. The van der Waals surface area contributed by atoms with Crippen LogP contribution in [0.1, 0.15) is 73.8 Å². The van der Waals surface area contributed by atoms with Crippen LogP contribution >= 0.6 is 11.3 Å². The third kappa shape index (κ3) is 6.40. The number of nitrogens with zero attached hydrogens (tertiary/aromatic N) is 3. The van der Waals surface area contributed by atoms with Crippen molar-refractivity contribution in [2.75, 3.05) is 19.6 Å². The molecule has 1 atom stereocenters. The largest absolute Gasteiger partial charge is 0.336 e. The van der Waals surface area contributed by atoms with E-state index in [4.69, 9.17) is 4.98 Å². The molecule has 0 radical (unpaired) electrons. The zero-order valence-corrected chi connectivity index (χ0v) is 26.8. The summed E-state index contributed by atoms with van der Waals surface area (Å²) in [5.41, 5.74) is 5.55. The Hall–Kier alpha value is -3.69. The van der Waals surface area contributed by atoms with Gasteiger partial charge >= 0.3 is 0 Å². The van der Waals surface area contributed by atoms with Crippen molar-refractivity contribution in [1.82, 2.24) is 19.8 Å². The van der Waals surface area contributed by atoms with Gasteiger partial charge in [-0.25, -0.2) is 13.8 Å². The quantitative estimate of drug-likeness (QED) is 0.213. The first kappa shape index (κ1) is 31.7. The number of benzene rings is 2. The molecule has 232 valence electrons. The van der Waals surface area contributed by atoms with Crippen molar-refractivity contribution in [1.29, 1.82) is 0 Å². The van der Waals surface area contributed by atoms with Crippen LogP contribution < -0.4 is 10.9 Å². The molecule has 0 saturated carbocycles. The normalized spacial score (nSPS) is 15.4. The van der Waals surface area contributed by atoms with Crippen molar-refractivity contribution >= 4 is 17.2 Å². The minimum atomic E-state index is -2.55. The second-order valence-corrected chi connectivity index (χ2v) is 12.7. The summed E-state index contributed by atoms with van der Waals surface area (Å²) in [6, 6.07) is 14.1. The summed E-state index contributed by atoms with van der Waals surface area (Å²) in [6.45, 7) is 12.3. The van der Waals surface area contributed by atoms with Crippen LogP contribution in [0.5, 0.6) is 0 Å². The lowest BCUT2D eigenvalue weighted by atomic mass is 9.96. The van der Waals surface area contributed by atoms with Gasteiger partial charge in [-0.3, -0.25) is 14.2 Å². The SMILES string of the molecule is CCc1cccc(CC)c1-n1c(CC(C)C)c(C(=O)N2CCN[C@@H](C)C2)cc(-c2nc(-c3ccc(C(F)F)cc3)cs2)c1=O. The number of carbonyl (C=O) groups is 1. The predicted octanol–water partition coefficient (Wildman–Crippen LogP) is 7.32. The molecule has 1 aliphatic heterocycles. The van der Waals surface area contributed by atoms with Crippen LogP contribution in [0.4, 0.5) is 8.78 Å². The number of pyridine rings is 1. The van der Waals surface area contributed by atoms with Crippen molar-refractivity contribution in [3.05, 3.63) is 92.2 Å². The molecule has 1 saturated heterocycles. The number of aromatic nitrogens is 2. The maximum Gasteiger partial charge on any atom is 0.265 e. The third-order valence-electron chi connectivity index (χ3n) is 8.17. The molecule has 2 aromatic carbocycles. The summed E-state index contributed by atoms with van der Waals surface area (Å²) < 4.78 is 28.1. The number of alkyl halides is 2. The summed E-state index contributed by atoms with van der Waals surface area (Å²) in [5.74, 6) is 0.108. The van der Waals surface area contributed by atoms with Gasteiger partial charge in [-0.15, -0.1) is 11.3 Å². The van der Waals surface area contributed by atoms with E-state index in [2.05, 4.69) is 52.1 Å². The maximum absolute atomic E-state index is 14.7. The highest BCUT2D eigenvalue weighted by molar-refractivity contribution is 7.13. The molecular formula is C35H40F2N4O2S. The van der Waals surface area contributed by atoms with Gasteiger partial charge in [-0.2, -0.15) is 0 Å². The molecule has 0 spiro atoms. The molecule has 1 fully saturated rings. The molecule has 0 unspecified atom stereocenters. The molecule has 0 aliphatic carbocycles. The maximum atomic E-state index is 14.7. The lowest BCUT2D eigenvalue weighted by Gasteiger charge is -2.33. The predicted molar refractivity (Wildman–Crippen MR) is 174 cm³/mol. The number of thiazole rings is 1. The lowest BCUT2D eigenvalue weighted by molar-refractivity contribution is 0.0707. The molecule has 1 amide bonds. The van der Waals surface area contributed by atoms with Gasteiger partial charge in [0.15, 0.2) is 0 Å². The number of nitrogens with one attached hydrogen (secondary N) is 1. The van der Waals surface area contributed by atoms with E-state index in [-0.39, 0.29) is 29.0 Å². The number of para-hydroxylation sites is 1. The van der Waals surface area contributed by atoms with Gasteiger partial charge in [0.2, 0.25) is 0 Å². The lowest BCUT2D eigenvalue weighted by Crippen LogP contribution is -2.51. The second-order valence-electron chi connectivity index (χ2n) is 11.9. The Morgan fingerprint density at radius 2 is 1.77 bits per heavy atom. The van der Waals surface area contributed by atoms with Crippen molar-refractivity contribution in [3.63, 3.8) is 0 Å². The molecule has 1 aliphatic rings. The van der Waals surface area contributed by atoms with Gasteiger partial charge in [0.1, 0.15) is 5.01 Å². The minimum absolute atomic E-state index is 0.0560. The van der Waals surface area contributed by atoms with Gasteiger partial charge in [-0.05, 0) is 49.3 Å². The Balaban J connectivity index is 1.76. The Kier molecular flexibility index (Phi) is 9.75. The highest BCUT2D eigenvalue weighted by Gasteiger charge is 2.29. The molecular weight excluding hydrogens is 578 g/mol. The van der Waals surface area contributed by atoms with E-state index in [1.807, 2.05) is 16.3 Å². The van der Waals surface area contributed by atoms with E-state index >= 15 is 0 Å². The zero-order chi connectivity index (χ0) is 31.5. The Bertz CT molecular complexity index is 1670. The topological polar surface area (TPSA) is 67.2 Å². The first-order valence-corrected chi connectivity index (χ1v) is 16.3. The van der Waals surface area contributed by atoms with E-state index in [1.54, 1.807) is 22.8 Å². The number of aryl methyl sites for hydroxylation is 2. The molecule has 0 bridgehead atoms. The van der Waals surface area contributed by atoms with Crippen LogP contribution in [-0.4, -0.2) is 46.0 Å². The zero-order valence-electron chi connectivity index (χ0n) is 26.0. The van der Waals surface area contributed by atoms with Crippen LogP contribution in [0.25, 0.3) is 27.5 Å². The number of halogens is 2. The first-order chi connectivity index (χ1) is 21.1. The van der Waals surface area contributed by atoms with E-state index in [1.165, 1.54) is 23.5 Å². The van der Waals surface area contributed by atoms with Crippen LogP contribution in [0, 0.1) is 5.92 Å². The van der Waals surface area contributed by atoms with Crippen LogP contribution in [-0.2, 0) is 19.3 Å². The fourth-order valence-electron chi connectivity index (χ4n) is 5.93. The van der Waals surface area contributed by atoms with Crippen LogP contribution in [0.3, 0.4) is 0 Å². The van der Waals surface area contributed by atoms with Crippen molar-refractivity contribution in [3.8, 4) is 27.5 Å². The van der Waals surface area contributed by atoms with Crippen molar-refractivity contribution < 1.29 is 13.6 Å². The smallest absolute Gasteiger partial charge is 0.265 e. The fourth-order valence-corrected chi connectivity index (χ4v) is 6.77. The van der Waals surface area contributed by atoms with Crippen LogP contribution in [0.15, 0.2) is 58.7 Å². The highest BCUT2D eigenvalue weighted by Crippen LogP contribution is 2.32. The minimum Gasteiger partial charge on any atom is -0.336 e. The Morgan fingerprint density at radius 3 is 2.36 bits per heavy atom. The van der Waals surface area contributed by atoms with E-state index in [9.17, 15) is 18.4 Å². The fraction of sp³-hybridized carbons (Fsp3) is 0.400. The summed E-state index contributed by atoms with van der Waals surface area (Å²) in [4.78, 5) is 35.7. The van der Waals surface area contributed by atoms with E-state index in [0.717, 1.165) is 35.3 Å². The van der Waals surface area contributed by atoms with Gasteiger partial charge in [0, 0.05) is 47.9 Å². The van der Waals surface area contributed by atoms with E-state index < -0.39 is 6.43 Å². The third-order valence-corrected chi connectivity index (χ3v) is 9.05. The number of rotatable bonds is 9. The summed E-state index contributed by atoms with van der Waals surface area (Å²) in [6.07, 6.45) is -0.532. The van der Waals surface area contributed by atoms with Gasteiger partial charge in [0.05, 0.1) is 22.5 Å². The average molecular weight is 619 g/mol. The first-order valence-electron chi connectivity index (χ1n) is 15.4. The molecule has 3 heterocycles. The molecule has 4 aromatic rings. The summed E-state index contributed by atoms with van der Waals surface area (Å²) >= 11 is 1.31. The molecule has 9 heteroatoms. The molecule has 44 heavy (non-hydrogen) atoms. The summed E-state index contributed by atoms with van der Waals surface area (Å²) in [5, 5.41) is 5.72. The number of hydrogen-bond donors (Lipinski definition) is 1. The molecule has 2 aromatic heterocycles. The monoisotopic (exact) mass is 618 g/mol.